The quantitative estimate of drug-likeness (QED) is 0.0912. The molecule has 0 aromatic heterocycles. The van der Waals surface area contributed by atoms with Crippen LogP contribution in [-0.2, 0) is 44.8 Å². The molecule has 0 aliphatic rings. The monoisotopic (exact) mass is 696 g/mol. The Kier molecular flexibility index (Phi) is 20.1. The Labute approximate surface area is 292 Å². The SMILES string of the molecule is CC(=O)Nc1ccc(C)cc1.CC(=O)OC(C)=O.CC(C)(C)OC(=O)N[C@H](COCc1ccccc1)C(=O)C(=O)O.Cc1ccc(N)c(N)c1. The number of hydrogen-bond donors (Lipinski definition) is 5. The number of carboxylic acids is 1. The maximum Gasteiger partial charge on any atom is 0.408 e. The number of rotatable bonds is 8. The number of anilines is 3. The fourth-order valence-electron chi connectivity index (χ4n) is 3.39. The van der Waals surface area contributed by atoms with Gasteiger partial charge >= 0.3 is 24.0 Å². The van der Waals surface area contributed by atoms with E-state index in [-0.39, 0.29) is 19.1 Å². The predicted octanol–water partition coefficient (Wildman–Crippen LogP) is 4.96. The highest BCUT2D eigenvalue weighted by Gasteiger charge is 2.28. The Hall–Kier alpha value is -5.76. The first-order valence-electron chi connectivity index (χ1n) is 15.2. The molecule has 272 valence electrons. The highest BCUT2D eigenvalue weighted by Crippen LogP contribution is 2.14. The van der Waals surface area contributed by atoms with Crippen molar-refractivity contribution in [2.24, 2.45) is 0 Å². The summed E-state index contributed by atoms with van der Waals surface area (Å²) in [6.07, 6.45) is -0.875. The molecule has 3 aromatic rings. The van der Waals surface area contributed by atoms with Crippen molar-refractivity contribution in [3.05, 3.63) is 89.5 Å². The number of aliphatic carboxylic acids is 1. The number of carbonyl (C=O) groups excluding carboxylic acids is 5. The van der Waals surface area contributed by atoms with Gasteiger partial charge in [0.1, 0.15) is 11.6 Å². The summed E-state index contributed by atoms with van der Waals surface area (Å²) in [7, 11) is 0. The van der Waals surface area contributed by atoms with Gasteiger partial charge in [0.25, 0.3) is 5.78 Å². The number of nitrogens with one attached hydrogen (secondary N) is 2. The Balaban J connectivity index is 0.000000732. The van der Waals surface area contributed by atoms with Crippen LogP contribution in [0.15, 0.2) is 72.8 Å². The lowest BCUT2D eigenvalue weighted by Crippen LogP contribution is -2.48. The average Bonchev–Trinajstić information content (AvgIpc) is 2.99. The number of alkyl carbamates (subject to hydrolysis) is 1. The Bertz CT molecular complexity index is 1540. The first-order chi connectivity index (χ1) is 23.2. The second-order valence-corrected chi connectivity index (χ2v) is 11.6. The van der Waals surface area contributed by atoms with Crippen molar-refractivity contribution in [1.82, 2.24) is 5.32 Å². The zero-order chi connectivity index (χ0) is 38.4. The largest absolute Gasteiger partial charge is 0.475 e. The molecule has 14 heteroatoms. The lowest BCUT2D eigenvalue weighted by atomic mass is 10.2. The summed E-state index contributed by atoms with van der Waals surface area (Å²) >= 11 is 0. The van der Waals surface area contributed by atoms with Crippen LogP contribution in [0, 0.1) is 13.8 Å². The molecule has 0 saturated carbocycles. The summed E-state index contributed by atoms with van der Waals surface area (Å²) < 4.78 is 14.3. The van der Waals surface area contributed by atoms with Crippen LogP contribution in [0.25, 0.3) is 0 Å². The van der Waals surface area contributed by atoms with E-state index in [9.17, 15) is 28.8 Å². The Morgan fingerprint density at radius 3 is 1.74 bits per heavy atom. The number of amides is 2. The summed E-state index contributed by atoms with van der Waals surface area (Å²) in [6, 6.07) is 21.2. The van der Waals surface area contributed by atoms with Crippen molar-refractivity contribution in [2.75, 3.05) is 23.4 Å². The molecule has 0 fully saturated rings. The fraction of sp³-hybridized carbons (Fsp3) is 0.333. The van der Waals surface area contributed by atoms with Gasteiger partial charge in [-0.25, -0.2) is 9.59 Å². The molecular weight excluding hydrogens is 648 g/mol. The van der Waals surface area contributed by atoms with E-state index in [1.54, 1.807) is 20.8 Å². The molecule has 7 N–H and O–H groups in total. The van der Waals surface area contributed by atoms with Crippen molar-refractivity contribution < 1.29 is 48.1 Å². The molecule has 0 radical (unpaired) electrons. The standard InChI is InChI=1S/C16H21NO6.C9H11NO.C7H10N2.C4H6O3/c1-16(2,3)23-15(21)17-12(13(18)14(19)20)10-22-9-11-7-5-4-6-8-11;1-7-3-5-9(6-4-7)10-8(2)11;1-5-2-3-6(8)7(9)4-5;1-3(5)7-4(2)6/h4-8,12H,9-10H2,1-3H3,(H,17,21)(H,19,20);3-6H,1-2H3,(H,10,11);2-4H,8-9H2,1H3;1-2H3/t12-;;;/m1.../s1. The number of benzene rings is 3. The number of carboxylic acid groups (broad SMARTS) is 1. The molecule has 0 spiro atoms. The first-order valence-corrected chi connectivity index (χ1v) is 15.2. The number of esters is 2. The summed E-state index contributed by atoms with van der Waals surface area (Å²) in [5, 5.41) is 13.7. The third-order valence-corrected chi connectivity index (χ3v) is 5.52. The normalized spacial score (nSPS) is 10.5. The van der Waals surface area contributed by atoms with Gasteiger partial charge in [-0.15, -0.1) is 0 Å². The van der Waals surface area contributed by atoms with Gasteiger partial charge < -0.3 is 41.4 Å². The molecule has 0 heterocycles. The number of aryl methyl sites for hydroxylation is 2. The van der Waals surface area contributed by atoms with Gasteiger partial charge in [-0.2, -0.15) is 0 Å². The molecule has 0 saturated heterocycles. The summed E-state index contributed by atoms with van der Waals surface area (Å²) in [5.74, 6) is -3.97. The fourth-order valence-corrected chi connectivity index (χ4v) is 3.39. The van der Waals surface area contributed by atoms with Gasteiger partial charge in [0.2, 0.25) is 5.91 Å². The van der Waals surface area contributed by atoms with E-state index in [0.717, 1.165) is 16.8 Å². The van der Waals surface area contributed by atoms with Gasteiger partial charge in [-0.3, -0.25) is 19.2 Å². The average molecular weight is 697 g/mol. The minimum Gasteiger partial charge on any atom is -0.475 e. The molecular formula is C36H48N4O10. The third kappa shape index (κ3) is 22.7. The molecule has 2 amide bonds. The van der Waals surface area contributed by atoms with Crippen molar-refractivity contribution in [2.45, 2.75) is 73.6 Å². The van der Waals surface area contributed by atoms with Gasteiger partial charge in [0, 0.05) is 26.5 Å². The molecule has 14 nitrogen and oxygen atoms in total. The summed E-state index contributed by atoms with van der Waals surface area (Å²) in [4.78, 5) is 64.4. The van der Waals surface area contributed by atoms with Gasteiger partial charge in [0.15, 0.2) is 0 Å². The van der Waals surface area contributed by atoms with Crippen LogP contribution < -0.4 is 22.1 Å². The number of Topliss-reactive ketones (excluding diaryl/α,β-unsaturated/α-hetero) is 1. The van der Waals surface area contributed by atoms with E-state index in [0.29, 0.717) is 11.4 Å². The second kappa shape index (κ2) is 22.7. The molecule has 0 aliphatic heterocycles. The topological polar surface area (TPSA) is 226 Å². The Morgan fingerprint density at radius 1 is 0.780 bits per heavy atom. The van der Waals surface area contributed by atoms with E-state index < -0.39 is 41.4 Å². The lowest BCUT2D eigenvalue weighted by molar-refractivity contribution is -0.156. The summed E-state index contributed by atoms with van der Waals surface area (Å²) in [6.45, 7) is 12.8. The van der Waals surface area contributed by atoms with Crippen LogP contribution in [0.3, 0.4) is 0 Å². The smallest absolute Gasteiger partial charge is 0.408 e. The van der Waals surface area contributed by atoms with Crippen LogP contribution in [0.1, 0.15) is 58.2 Å². The third-order valence-electron chi connectivity index (χ3n) is 5.52. The van der Waals surface area contributed by atoms with Crippen LogP contribution >= 0.6 is 0 Å². The number of nitrogen functional groups attached to an aromatic ring is 2. The lowest BCUT2D eigenvalue weighted by Gasteiger charge is -2.22. The number of hydrogen-bond acceptors (Lipinski definition) is 11. The molecule has 0 bridgehead atoms. The number of ketones is 1. The predicted molar refractivity (Wildman–Crippen MR) is 190 cm³/mol. The van der Waals surface area contributed by atoms with E-state index in [4.69, 9.17) is 26.0 Å². The highest BCUT2D eigenvalue weighted by molar-refractivity contribution is 6.35. The maximum absolute atomic E-state index is 11.7. The van der Waals surface area contributed by atoms with E-state index >= 15 is 0 Å². The zero-order valence-corrected chi connectivity index (χ0v) is 29.7. The van der Waals surface area contributed by atoms with Gasteiger partial charge in [0.05, 0.1) is 24.6 Å². The van der Waals surface area contributed by atoms with Crippen molar-refractivity contribution in [3.8, 4) is 0 Å². The Morgan fingerprint density at radius 2 is 1.32 bits per heavy atom. The van der Waals surface area contributed by atoms with E-state index in [2.05, 4.69) is 15.4 Å². The van der Waals surface area contributed by atoms with Crippen LogP contribution in [-0.4, -0.2) is 59.0 Å². The maximum atomic E-state index is 11.7. The molecule has 0 aliphatic carbocycles. The minimum atomic E-state index is -1.64. The van der Waals surface area contributed by atoms with Crippen LogP contribution in [0.2, 0.25) is 0 Å². The highest BCUT2D eigenvalue weighted by atomic mass is 16.6. The van der Waals surface area contributed by atoms with Crippen molar-refractivity contribution in [1.29, 1.82) is 0 Å². The second-order valence-electron chi connectivity index (χ2n) is 11.6. The number of ether oxygens (including phenoxy) is 3. The zero-order valence-electron chi connectivity index (χ0n) is 29.7. The van der Waals surface area contributed by atoms with Crippen molar-refractivity contribution in [3.63, 3.8) is 0 Å². The summed E-state index contributed by atoms with van der Waals surface area (Å²) in [5.41, 5.74) is 15.6. The number of carbonyl (C=O) groups is 6. The van der Waals surface area contributed by atoms with E-state index in [1.165, 1.54) is 26.3 Å². The van der Waals surface area contributed by atoms with Crippen molar-refractivity contribution >= 4 is 52.8 Å². The van der Waals surface area contributed by atoms with Gasteiger partial charge in [-0.1, -0.05) is 54.1 Å². The first kappa shape index (κ1) is 44.2. The molecule has 3 aromatic carbocycles. The number of nitrogens with two attached hydrogens (primary N) is 2. The minimum absolute atomic E-state index is 0.0335. The molecule has 1 atom stereocenters. The van der Waals surface area contributed by atoms with Crippen LogP contribution in [0.5, 0.6) is 0 Å². The molecule has 3 rings (SSSR count). The molecule has 0 unspecified atom stereocenters. The van der Waals surface area contributed by atoms with E-state index in [1.807, 2.05) is 86.6 Å². The van der Waals surface area contributed by atoms with Gasteiger partial charge in [-0.05, 0) is 70.0 Å². The van der Waals surface area contributed by atoms with Crippen LogP contribution in [0.4, 0.5) is 21.9 Å². The molecule has 50 heavy (non-hydrogen) atoms.